The molecular weight excluding hydrogens is 294 g/mol. The molecule has 0 aliphatic carbocycles. The smallest absolute Gasteiger partial charge is 0.219 e. The Bertz CT molecular complexity index is 320. The highest BCUT2D eigenvalue weighted by Crippen LogP contribution is 2.08. The molecule has 0 aliphatic rings. The number of allylic oxidation sites excluding steroid dienone is 4. The van der Waals surface area contributed by atoms with E-state index in [0.29, 0.717) is 6.42 Å². The molecule has 1 amide bonds. The summed E-state index contributed by atoms with van der Waals surface area (Å²) in [5.74, 6) is 0.231. The van der Waals surface area contributed by atoms with E-state index in [1.807, 2.05) is 0 Å². The SMILES string of the molecule is CCCCC/C=C\C/C=C\CCCCCCCC(=O)NCCCC. The van der Waals surface area contributed by atoms with Gasteiger partial charge in [0.25, 0.3) is 0 Å². The molecule has 0 aliphatic heterocycles. The van der Waals surface area contributed by atoms with Gasteiger partial charge in [-0.05, 0) is 44.9 Å². The molecule has 24 heavy (non-hydrogen) atoms. The maximum Gasteiger partial charge on any atom is 0.219 e. The lowest BCUT2D eigenvalue weighted by Gasteiger charge is -2.04. The largest absolute Gasteiger partial charge is 0.356 e. The van der Waals surface area contributed by atoms with Crippen molar-refractivity contribution in [2.75, 3.05) is 6.54 Å². The highest BCUT2D eigenvalue weighted by molar-refractivity contribution is 5.75. The molecule has 0 spiro atoms. The van der Waals surface area contributed by atoms with E-state index in [1.54, 1.807) is 0 Å². The number of hydrogen-bond donors (Lipinski definition) is 1. The van der Waals surface area contributed by atoms with Crippen molar-refractivity contribution in [3.8, 4) is 0 Å². The molecule has 0 radical (unpaired) electrons. The number of carbonyl (C=O) groups is 1. The van der Waals surface area contributed by atoms with Crippen LogP contribution in [-0.4, -0.2) is 12.5 Å². The molecule has 140 valence electrons. The molecular formula is C22H41NO. The Morgan fingerprint density at radius 1 is 0.708 bits per heavy atom. The summed E-state index contributed by atoms with van der Waals surface area (Å²) in [7, 11) is 0. The lowest BCUT2D eigenvalue weighted by atomic mass is 10.1. The predicted molar refractivity (Wildman–Crippen MR) is 107 cm³/mol. The van der Waals surface area contributed by atoms with Gasteiger partial charge in [-0.2, -0.15) is 0 Å². The number of nitrogens with one attached hydrogen (secondary N) is 1. The van der Waals surface area contributed by atoms with E-state index in [1.165, 1.54) is 57.8 Å². The Morgan fingerprint density at radius 2 is 1.29 bits per heavy atom. The van der Waals surface area contributed by atoms with Gasteiger partial charge in [0.2, 0.25) is 5.91 Å². The van der Waals surface area contributed by atoms with E-state index in [9.17, 15) is 4.79 Å². The van der Waals surface area contributed by atoms with Crippen LogP contribution in [0.4, 0.5) is 0 Å². The summed E-state index contributed by atoms with van der Waals surface area (Å²) in [6.07, 6.45) is 25.7. The van der Waals surface area contributed by atoms with E-state index in [-0.39, 0.29) is 5.91 Å². The van der Waals surface area contributed by atoms with Crippen molar-refractivity contribution in [1.29, 1.82) is 0 Å². The zero-order valence-electron chi connectivity index (χ0n) is 16.3. The standard InChI is InChI=1S/C22H41NO/c1-3-5-7-8-9-10-11-12-13-14-15-16-17-18-19-20-22(24)23-21-6-4-2/h9-10,12-13H,3-8,11,14-21H2,1-2H3,(H,23,24)/b10-9-,13-12-. The minimum Gasteiger partial charge on any atom is -0.356 e. The second-order valence-corrected chi connectivity index (χ2v) is 6.68. The molecule has 0 atom stereocenters. The van der Waals surface area contributed by atoms with Crippen LogP contribution in [0.25, 0.3) is 0 Å². The maximum atomic E-state index is 11.5. The van der Waals surface area contributed by atoms with Gasteiger partial charge in [0.1, 0.15) is 0 Å². The number of unbranched alkanes of at least 4 members (excludes halogenated alkanes) is 9. The van der Waals surface area contributed by atoms with E-state index >= 15 is 0 Å². The van der Waals surface area contributed by atoms with Crippen LogP contribution < -0.4 is 5.32 Å². The molecule has 2 heteroatoms. The second kappa shape index (κ2) is 20.0. The average molecular weight is 336 g/mol. The number of carbonyl (C=O) groups excluding carboxylic acids is 1. The Balaban J connectivity index is 3.24. The van der Waals surface area contributed by atoms with Gasteiger partial charge < -0.3 is 5.32 Å². The van der Waals surface area contributed by atoms with Crippen LogP contribution in [0.15, 0.2) is 24.3 Å². The van der Waals surface area contributed by atoms with Crippen molar-refractivity contribution < 1.29 is 4.79 Å². The van der Waals surface area contributed by atoms with Crippen LogP contribution >= 0.6 is 0 Å². The quantitative estimate of drug-likeness (QED) is 0.232. The molecule has 0 aromatic rings. The Kier molecular flexibility index (Phi) is 19.1. The van der Waals surface area contributed by atoms with Crippen LogP contribution in [0.2, 0.25) is 0 Å². The third-order valence-corrected chi connectivity index (χ3v) is 4.21. The van der Waals surface area contributed by atoms with Crippen molar-refractivity contribution in [2.45, 2.75) is 104 Å². The molecule has 0 saturated heterocycles. The van der Waals surface area contributed by atoms with Gasteiger partial charge in [0.05, 0.1) is 0 Å². The molecule has 0 unspecified atom stereocenters. The first kappa shape index (κ1) is 22.9. The highest BCUT2D eigenvalue weighted by atomic mass is 16.1. The van der Waals surface area contributed by atoms with Gasteiger partial charge in [0, 0.05) is 13.0 Å². The topological polar surface area (TPSA) is 29.1 Å². The second-order valence-electron chi connectivity index (χ2n) is 6.68. The molecule has 0 fully saturated rings. The normalized spacial score (nSPS) is 11.6. The summed E-state index contributed by atoms with van der Waals surface area (Å²) >= 11 is 0. The van der Waals surface area contributed by atoms with Gasteiger partial charge in [-0.15, -0.1) is 0 Å². The zero-order valence-corrected chi connectivity index (χ0v) is 16.3. The molecule has 1 N–H and O–H groups in total. The summed E-state index contributed by atoms with van der Waals surface area (Å²) in [6, 6.07) is 0. The maximum absolute atomic E-state index is 11.5. The predicted octanol–water partition coefficient (Wildman–Crippen LogP) is 6.72. The third-order valence-electron chi connectivity index (χ3n) is 4.21. The Hall–Kier alpha value is -1.05. The number of rotatable bonds is 17. The Labute approximate surface area is 151 Å². The molecule has 0 rings (SSSR count). The van der Waals surface area contributed by atoms with Crippen molar-refractivity contribution in [3.63, 3.8) is 0 Å². The Morgan fingerprint density at radius 3 is 1.96 bits per heavy atom. The average Bonchev–Trinajstić information content (AvgIpc) is 2.58. The number of amides is 1. The van der Waals surface area contributed by atoms with Crippen molar-refractivity contribution in [2.24, 2.45) is 0 Å². The van der Waals surface area contributed by atoms with Crippen LogP contribution in [0.5, 0.6) is 0 Å². The van der Waals surface area contributed by atoms with Crippen molar-refractivity contribution in [3.05, 3.63) is 24.3 Å². The third kappa shape index (κ3) is 19.0. The van der Waals surface area contributed by atoms with Crippen molar-refractivity contribution in [1.82, 2.24) is 5.32 Å². The molecule has 0 aromatic heterocycles. The summed E-state index contributed by atoms with van der Waals surface area (Å²) < 4.78 is 0. The van der Waals surface area contributed by atoms with Gasteiger partial charge in [-0.3, -0.25) is 4.79 Å². The van der Waals surface area contributed by atoms with Gasteiger partial charge in [0.15, 0.2) is 0 Å². The van der Waals surface area contributed by atoms with E-state index in [0.717, 1.165) is 32.2 Å². The van der Waals surface area contributed by atoms with Gasteiger partial charge in [-0.25, -0.2) is 0 Å². The summed E-state index contributed by atoms with van der Waals surface area (Å²) in [4.78, 5) is 11.5. The van der Waals surface area contributed by atoms with E-state index in [4.69, 9.17) is 0 Å². The number of hydrogen-bond acceptors (Lipinski definition) is 1. The van der Waals surface area contributed by atoms with Crippen LogP contribution in [0.3, 0.4) is 0 Å². The monoisotopic (exact) mass is 335 g/mol. The van der Waals surface area contributed by atoms with Gasteiger partial charge >= 0.3 is 0 Å². The first-order valence-electron chi connectivity index (χ1n) is 10.4. The minimum atomic E-state index is 0.231. The first-order valence-corrected chi connectivity index (χ1v) is 10.4. The van der Waals surface area contributed by atoms with E-state index < -0.39 is 0 Å². The fourth-order valence-corrected chi connectivity index (χ4v) is 2.59. The van der Waals surface area contributed by atoms with Crippen LogP contribution in [0.1, 0.15) is 104 Å². The zero-order chi connectivity index (χ0) is 17.7. The van der Waals surface area contributed by atoms with Gasteiger partial charge in [-0.1, -0.05) is 76.7 Å². The van der Waals surface area contributed by atoms with Crippen LogP contribution in [-0.2, 0) is 4.79 Å². The first-order chi connectivity index (χ1) is 11.8. The summed E-state index contributed by atoms with van der Waals surface area (Å²) in [6.45, 7) is 5.24. The summed E-state index contributed by atoms with van der Waals surface area (Å²) in [5.41, 5.74) is 0. The fourth-order valence-electron chi connectivity index (χ4n) is 2.59. The fraction of sp³-hybridized carbons (Fsp3) is 0.773. The summed E-state index contributed by atoms with van der Waals surface area (Å²) in [5, 5.41) is 2.98. The molecule has 0 heterocycles. The van der Waals surface area contributed by atoms with E-state index in [2.05, 4.69) is 43.5 Å². The minimum absolute atomic E-state index is 0.231. The lowest BCUT2D eigenvalue weighted by molar-refractivity contribution is -0.121. The lowest BCUT2D eigenvalue weighted by Crippen LogP contribution is -2.23. The molecule has 0 bridgehead atoms. The molecule has 0 saturated carbocycles. The molecule has 2 nitrogen and oxygen atoms in total. The molecule has 0 aromatic carbocycles. The van der Waals surface area contributed by atoms with Crippen LogP contribution in [0, 0.1) is 0 Å². The van der Waals surface area contributed by atoms with Crippen molar-refractivity contribution >= 4 is 5.91 Å². The highest BCUT2D eigenvalue weighted by Gasteiger charge is 1.99.